The number of likely N-dealkylation sites (tertiary alicyclic amines) is 1. The van der Waals surface area contributed by atoms with Crippen molar-refractivity contribution in [1.82, 2.24) is 10.2 Å². The molecule has 2 nitrogen and oxygen atoms in total. The van der Waals surface area contributed by atoms with Crippen molar-refractivity contribution in [2.45, 2.75) is 73.4 Å². The van der Waals surface area contributed by atoms with Crippen LogP contribution in [0.2, 0.25) is 0 Å². The van der Waals surface area contributed by atoms with Crippen molar-refractivity contribution < 1.29 is 0 Å². The maximum Gasteiger partial charge on any atom is 0.0198 e. The maximum atomic E-state index is 3.81. The summed E-state index contributed by atoms with van der Waals surface area (Å²) in [5.41, 5.74) is 0.381. The summed E-state index contributed by atoms with van der Waals surface area (Å²) in [7, 11) is 0. The van der Waals surface area contributed by atoms with E-state index in [2.05, 4.69) is 58.7 Å². The van der Waals surface area contributed by atoms with Crippen LogP contribution >= 0.6 is 0 Å². The Hall–Kier alpha value is -0.0800. The van der Waals surface area contributed by atoms with Gasteiger partial charge in [-0.05, 0) is 37.0 Å². The molecule has 0 bridgehead atoms. The van der Waals surface area contributed by atoms with E-state index in [9.17, 15) is 0 Å². The monoisotopic (exact) mass is 268 g/mol. The molecule has 19 heavy (non-hydrogen) atoms. The minimum Gasteiger partial charge on any atom is -0.312 e. The third-order valence-electron chi connectivity index (χ3n) is 4.59. The zero-order chi connectivity index (χ0) is 14.6. The van der Waals surface area contributed by atoms with Gasteiger partial charge in [0.25, 0.3) is 0 Å². The lowest BCUT2D eigenvalue weighted by molar-refractivity contribution is 0.0797. The van der Waals surface area contributed by atoms with E-state index in [4.69, 9.17) is 0 Å². The first-order chi connectivity index (χ1) is 8.73. The Morgan fingerprint density at radius 3 is 2.26 bits per heavy atom. The highest BCUT2D eigenvalue weighted by Crippen LogP contribution is 2.26. The van der Waals surface area contributed by atoms with Crippen molar-refractivity contribution in [1.29, 1.82) is 0 Å². The predicted octanol–water partition coefficient (Wildman–Crippen LogP) is 3.77. The lowest BCUT2D eigenvalue weighted by Crippen LogP contribution is -2.53. The lowest BCUT2D eigenvalue weighted by atomic mass is 9.84. The molecule has 0 aromatic carbocycles. The van der Waals surface area contributed by atoms with Gasteiger partial charge in [-0.15, -0.1) is 0 Å². The van der Waals surface area contributed by atoms with Crippen molar-refractivity contribution >= 4 is 0 Å². The Morgan fingerprint density at radius 1 is 1.16 bits per heavy atom. The van der Waals surface area contributed by atoms with Gasteiger partial charge < -0.3 is 5.32 Å². The second-order valence-electron chi connectivity index (χ2n) is 8.09. The largest absolute Gasteiger partial charge is 0.312 e. The standard InChI is InChI=1S/C17H36N2/c1-8-14(4)19-10-15(13(2)3)9-16(11-19)18-12-17(5,6)7/h13-16,18H,8-12H2,1-7H3. The summed E-state index contributed by atoms with van der Waals surface area (Å²) >= 11 is 0. The zero-order valence-electron chi connectivity index (χ0n) is 14.3. The fourth-order valence-electron chi connectivity index (χ4n) is 2.87. The van der Waals surface area contributed by atoms with Crippen molar-refractivity contribution in [2.75, 3.05) is 19.6 Å². The van der Waals surface area contributed by atoms with Crippen LogP contribution in [0.4, 0.5) is 0 Å². The van der Waals surface area contributed by atoms with Gasteiger partial charge in [0.15, 0.2) is 0 Å². The molecule has 0 saturated carbocycles. The summed E-state index contributed by atoms with van der Waals surface area (Å²) in [6, 6.07) is 1.40. The van der Waals surface area contributed by atoms with Crippen LogP contribution in [-0.2, 0) is 0 Å². The number of nitrogens with one attached hydrogen (secondary N) is 1. The van der Waals surface area contributed by atoms with E-state index in [1.165, 1.54) is 25.9 Å². The fourth-order valence-corrected chi connectivity index (χ4v) is 2.87. The highest BCUT2D eigenvalue weighted by Gasteiger charge is 2.31. The summed E-state index contributed by atoms with van der Waals surface area (Å²) in [5.74, 6) is 1.64. The molecule has 1 rings (SSSR count). The van der Waals surface area contributed by atoms with E-state index >= 15 is 0 Å². The molecule has 1 aliphatic rings. The normalized spacial score (nSPS) is 27.8. The molecule has 1 fully saturated rings. The molecule has 0 spiro atoms. The molecule has 3 unspecified atom stereocenters. The molecule has 2 heteroatoms. The lowest BCUT2D eigenvalue weighted by Gasteiger charge is -2.43. The Morgan fingerprint density at radius 2 is 1.79 bits per heavy atom. The van der Waals surface area contributed by atoms with E-state index in [1.807, 2.05) is 0 Å². The number of nitrogens with zero attached hydrogens (tertiary/aromatic N) is 1. The molecule has 0 aromatic rings. The molecule has 3 atom stereocenters. The third-order valence-corrected chi connectivity index (χ3v) is 4.59. The van der Waals surface area contributed by atoms with Crippen LogP contribution in [0, 0.1) is 17.3 Å². The third kappa shape index (κ3) is 5.83. The first kappa shape index (κ1) is 17.0. The summed E-state index contributed by atoms with van der Waals surface area (Å²) in [6.07, 6.45) is 2.61. The van der Waals surface area contributed by atoms with Crippen molar-refractivity contribution in [3.8, 4) is 0 Å². The second kappa shape index (κ2) is 7.08. The average Bonchev–Trinajstić information content (AvgIpc) is 2.34. The minimum absolute atomic E-state index is 0.381. The van der Waals surface area contributed by atoms with Gasteiger partial charge in [0.05, 0.1) is 0 Å². The van der Waals surface area contributed by atoms with Crippen molar-refractivity contribution in [3.63, 3.8) is 0 Å². The summed E-state index contributed by atoms with van der Waals surface area (Å²) < 4.78 is 0. The van der Waals surface area contributed by atoms with E-state index < -0.39 is 0 Å². The van der Waals surface area contributed by atoms with Crippen molar-refractivity contribution in [2.24, 2.45) is 17.3 Å². The van der Waals surface area contributed by atoms with Gasteiger partial charge in [0.2, 0.25) is 0 Å². The van der Waals surface area contributed by atoms with Gasteiger partial charge in [-0.2, -0.15) is 0 Å². The Labute approximate surface area is 121 Å². The fraction of sp³-hybridized carbons (Fsp3) is 1.00. The smallest absolute Gasteiger partial charge is 0.0198 e. The molecule has 114 valence electrons. The van der Waals surface area contributed by atoms with E-state index in [-0.39, 0.29) is 0 Å². The van der Waals surface area contributed by atoms with Crippen LogP contribution in [0.5, 0.6) is 0 Å². The molecular formula is C17H36N2. The van der Waals surface area contributed by atoms with Crippen LogP contribution in [0.25, 0.3) is 0 Å². The van der Waals surface area contributed by atoms with E-state index in [0.717, 1.165) is 24.4 Å². The molecule has 1 N–H and O–H groups in total. The molecule has 0 aromatic heterocycles. The van der Waals surface area contributed by atoms with Crippen LogP contribution < -0.4 is 5.32 Å². The number of hydrogen-bond acceptors (Lipinski definition) is 2. The SMILES string of the molecule is CCC(C)N1CC(NCC(C)(C)C)CC(C(C)C)C1. The van der Waals surface area contributed by atoms with Gasteiger partial charge in [-0.3, -0.25) is 4.90 Å². The molecule has 1 aliphatic heterocycles. The topological polar surface area (TPSA) is 15.3 Å². The molecule has 0 radical (unpaired) electrons. The molecule has 1 heterocycles. The van der Waals surface area contributed by atoms with Crippen LogP contribution in [0.3, 0.4) is 0 Å². The average molecular weight is 268 g/mol. The highest BCUT2D eigenvalue weighted by molar-refractivity contribution is 4.87. The quantitative estimate of drug-likeness (QED) is 0.816. The van der Waals surface area contributed by atoms with E-state index in [1.54, 1.807) is 0 Å². The first-order valence-electron chi connectivity index (χ1n) is 8.20. The second-order valence-corrected chi connectivity index (χ2v) is 8.09. The predicted molar refractivity (Wildman–Crippen MR) is 85.5 cm³/mol. The van der Waals surface area contributed by atoms with Gasteiger partial charge in [-0.1, -0.05) is 41.5 Å². The summed E-state index contributed by atoms with van der Waals surface area (Å²) in [4.78, 5) is 2.70. The minimum atomic E-state index is 0.381. The Bertz CT molecular complexity index is 254. The van der Waals surface area contributed by atoms with Gasteiger partial charge in [0, 0.05) is 31.7 Å². The van der Waals surface area contributed by atoms with Crippen LogP contribution in [0.15, 0.2) is 0 Å². The van der Waals surface area contributed by atoms with Crippen LogP contribution in [0.1, 0.15) is 61.3 Å². The Balaban J connectivity index is 2.60. The molecule has 0 aliphatic carbocycles. The maximum absolute atomic E-state index is 3.81. The molecule has 0 amide bonds. The Kier molecular flexibility index (Phi) is 6.32. The first-order valence-corrected chi connectivity index (χ1v) is 8.20. The number of rotatable bonds is 5. The van der Waals surface area contributed by atoms with Gasteiger partial charge in [-0.25, -0.2) is 0 Å². The van der Waals surface area contributed by atoms with Gasteiger partial charge >= 0.3 is 0 Å². The molecular weight excluding hydrogens is 232 g/mol. The van der Waals surface area contributed by atoms with E-state index in [0.29, 0.717) is 11.5 Å². The van der Waals surface area contributed by atoms with Crippen molar-refractivity contribution in [3.05, 3.63) is 0 Å². The number of hydrogen-bond donors (Lipinski definition) is 1. The highest BCUT2D eigenvalue weighted by atomic mass is 15.2. The summed E-state index contributed by atoms with van der Waals surface area (Å²) in [5, 5.41) is 3.81. The summed E-state index contributed by atoms with van der Waals surface area (Å²) in [6.45, 7) is 20.0. The zero-order valence-corrected chi connectivity index (χ0v) is 14.3. The number of piperidine rings is 1. The van der Waals surface area contributed by atoms with Gasteiger partial charge in [0.1, 0.15) is 0 Å². The molecule has 1 saturated heterocycles. The van der Waals surface area contributed by atoms with Crippen LogP contribution in [-0.4, -0.2) is 36.6 Å².